The Hall–Kier alpha value is -2.27. The summed E-state index contributed by atoms with van der Waals surface area (Å²) in [7, 11) is 1.82. The molecule has 2 aromatic carbocycles. The van der Waals surface area contributed by atoms with Crippen molar-refractivity contribution >= 4 is 11.6 Å². The van der Waals surface area contributed by atoms with Gasteiger partial charge in [-0.25, -0.2) is 8.78 Å². The molecule has 22 heavy (non-hydrogen) atoms. The number of halogens is 2. The zero-order valence-electron chi connectivity index (χ0n) is 12.5. The third-order valence-corrected chi connectivity index (χ3v) is 3.50. The number of benzene rings is 2. The van der Waals surface area contributed by atoms with Gasteiger partial charge in [0.05, 0.1) is 11.7 Å². The van der Waals surface area contributed by atoms with E-state index in [0.29, 0.717) is 6.54 Å². The van der Waals surface area contributed by atoms with Crippen LogP contribution in [0.1, 0.15) is 12.5 Å². The summed E-state index contributed by atoms with van der Waals surface area (Å²) in [5.41, 5.74) is 1.06. The van der Waals surface area contributed by atoms with Crippen LogP contribution in [-0.4, -0.2) is 23.9 Å². The molecule has 0 unspecified atom stereocenters. The Morgan fingerprint density at radius 2 is 1.86 bits per heavy atom. The SMILES string of the molecule is C[C@@H](C(=O)Nc1ccc(F)cc1F)N(C)Cc1ccccc1. The minimum atomic E-state index is -0.786. The molecule has 2 aromatic rings. The molecule has 0 aliphatic rings. The predicted molar refractivity (Wildman–Crippen MR) is 82.4 cm³/mol. The standard InChI is InChI=1S/C17H18F2N2O/c1-12(21(2)11-13-6-4-3-5-7-13)17(22)20-16-9-8-14(18)10-15(16)19/h3-10,12H,11H2,1-2H3,(H,20,22)/t12-/m0/s1. The van der Waals surface area contributed by atoms with Crippen molar-refractivity contribution in [3.05, 3.63) is 65.7 Å². The molecule has 2 rings (SSSR count). The first-order valence-electron chi connectivity index (χ1n) is 6.97. The normalized spacial score (nSPS) is 12.2. The van der Waals surface area contributed by atoms with E-state index >= 15 is 0 Å². The van der Waals surface area contributed by atoms with Crippen molar-refractivity contribution < 1.29 is 13.6 Å². The minimum Gasteiger partial charge on any atom is -0.322 e. The summed E-state index contributed by atoms with van der Waals surface area (Å²) in [5.74, 6) is -1.81. The van der Waals surface area contributed by atoms with Crippen LogP contribution < -0.4 is 5.32 Å². The van der Waals surface area contributed by atoms with Crippen LogP contribution in [0.5, 0.6) is 0 Å². The molecular formula is C17H18F2N2O. The number of nitrogens with zero attached hydrogens (tertiary/aromatic N) is 1. The lowest BCUT2D eigenvalue weighted by Crippen LogP contribution is -2.39. The Morgan fingerprint density at radius 1 is 1.18 bits per heavy atom. The summed E-state index contributed by atoms with van der Waals surface area (Å²) >= 11 is 0. The van der Waals surface area contributed by atoms with E-state index in [2.05, 4.69) is 5.32 Å². The number of carbonyl (C=O) groups excluding carboxylic acids is 1. The molecule has 0 spiro atoms. The molecule has 0 heterocycles. The number of hydrogen-bond acceptors (Lipinski definition) is 2. The van der Waals surface area contributed by atoms with Crippen molar-refractivity contribution in [2.24, 2.45) is 0 Å². The maximum Gasteiger partial charge on any atom is 0.241 e. The zero-order valence-corrected chi connectivity index (χ0v) is 12.5. The number of amides is 1. The van der Waals surface area contributed by atoms with Gasteiger partial charge in [0.25, 0.3) is 0 Å². The average molecular weight is 304 g/mol. The van der Waals surface area contributed by atoms with Crippen LogP contribution in [0.2, 0.25) is 0 Å². The number of hydrogen-bond donors (Lipinski definition) is 1. The molecule has 0 aliphatic carbocycles. The maximum atomic E-state index is 13.6. The first kappa shape index (κ1) is 16.1. The second-order valence-electron chi connectivity index (χ2n) is 5.19. The summed E-state index contributed by atoms with van der Waals surface area (Å²) in [6.07, 6.45) is 0. The fourth-order valence-corrected chi connectivity index (χ4v) is 2.04. The third kappa shape index (κ3) is 4.11. The highest BCUT2D eigenvalue weighted by Crippen LogP contribution is 2.16. The van der Waals surface area contributed by atoms with Crippen LogP contribution in [0.15, 0.2) is 48.5 Å². The van der Waals surface area contributed by atoms with Crippen LogP contribution in [0.25, 0.3) is 0 Å². The van der Waals surface area contributed by atoms with Crippen molar-refractivity contribution in [2.45, 2.75) is 19.5 Å². The van der Waals surface area contributed by atoms with Gasteiger partial charge in [0.2, 0.25) is 5.91 Å². The van der Waals surface area contributed by atoms with Crippen LogP contribution in [0.4, 0.5) is 14.5 Å². The lowest BCUT2D eigenvalue weighted by atomic mass is 10.2. The third-order valence-electron chi connectivity index (χ3n) is 3.50. The van der Waals surface area contributed by atoms with Gasteiger partial charge in [-0.05, 0) is 31.7 Å². The van der Waals surface area contributed by atoms with Crippen LogP contribution >= 0.6 is 0 Å². The van der Waals surface area contributed by atoms with Gasteiger partial charge in [0.15, 0.2) is 0 Å². The number of nitrogens with one attached hydrogen (secondary N) is 1. The fraction of sp³-hybridized carbons (Fsp3) is 0.235. The van der Waals surface area contributed by atoms with E-state index in [-0.39, 0.29) is 11.6 Å². The average Bonchev–Trinajstić information content (AvgIpc) is 2.50. The molecule has 1 atom stereocenters. The Kier molecular flexibility index (Phi) is 5.22. The number of anilines is 1. The Balaban J connectivity index is 1.99. The molecule has 0 fully saturated rings. The molecule has 0 saturated carbocycles. The van der Waals surface area contributed by atoms with Gasteiger partial charge >= 0.3 is 0 Å². The van der Waals surface area contributed by atoms with E-state index in [9.17, 15) is 13.6 Å². The van der Waals surface area contributed by atoms with Crippen molar-refractivity contribution in [1.29, 1.82) is 0 Å². The molecule has 116 valence electrons. The van der Waals surface area contributed by atoms with Gasteiger partial charge in [-0.1, -0.05) is 30.3 Å². The Bertz CT molecular complexity index is 646. The molecule has 5 heteroatoms. The number of likely N-dealkylation sites (N-methyl/N-ethyl adjacent to an activating group) is 1. The highest BCUT2D eigenvalue weighted by atomic mass is 19.1. The zero-order chi connectivity index (χ0) is 16.1. The van der Waals surface area contributed by atoms with Gasteiger partial charge in [-0.15, -0.1) is 0 Å². The van der Waals surface area contributed by atoms with E-state index in [1.54, 1.807) is 6.92 Å². The molecule has 1 N–H and O–H groups in total. The largest absolute Gasteiger partial charge is 0.322 e. The summed E-state index contributed by atoms with van der Waals surface area (Å²) in [5, 5.41) is 2.48. The van der Waals surface area contributed by atoms with Crippen LogP contribution in [-0.2, 0) is 11.3 Å². The topological polar surface area (TPSA) is 32.3 Å². The lowest BCUT2D eigenvalue weighted by molar-refractivity contribution is -0.120. The summed E-state index contributed by atoms with van der Waals surface area (Å²) in [4.78, 5) is 14.0. The van der Waals surface area contributed by atoms with Crippen molar-refractivity contribution in [1.82, 2.24) is 4.90 Å². The second-order valence-corrected chi connectivity index (χ2v) is 5.19. The van der Waals surface area contributed by atoms with E-state index in [1.807, 2.05) is 42.3 Å². The molecule has 0 saturated heterocycles. The number of carbonyl (C=O) groups is 1. The molecule has 0 radical (unpaired) electrons. The van der Waals surface area contributed by atoms with Gasteiger partial charge in [0.1, 0.15) is 11.6 Å². The van der Waals surface area contributed by atoms with Gasteiger partial charge in [-0.3, -0.25) is 9.69 Å². The van der Waals surface area contributed by atoms with Gasteiger partial charge < -0.3 is 5.32 Å². The quantitative estimate of drug-likeness (QED) is 0.918. The van der Waals surface area contributed by atoms with Gasteiger partial charge in [-0.2, -0.15) is 0 Å². The monoisotopic (exact) mass is 304 g/mol. The Labute approximate surface area is 128 Å². The van der Waals surface area contributed by atoms with Crippen molar-refractivity contribution in [3.8, 4) is 0 Å². The fourth-order valence-electron chi connectivity index (χ4n) is 2.04. The smallest absolute Gasteiger partial charge is 0.241 e. The van der Waals surface area contributed by atoms with Crippen molar-refractivity contribution in [2.75, 3.05) is 12.4 Å². The van der Waals surface area contributed by atoms with Gasteiger partial charge in [0, 0.05) is 12.6 Å². The second kappa shape index (κ2) is 7.13. The van der Waals surface area contributed by atoms with E-state index in [4.69, 9.17) is 0 Å². The van der Waals surface area contributed by atoms with Crippen LogP contribution in [0.3, 0.4) is 0 Å². The first-order chi connectivity index (χ1) is 10.5. The lowest BCUT2D eigenvalue weighted by Gasteiger charge is -2.24. The summed E-state index contributed by atoms with van der Waals surface area (Å²) in [6.45, 7) is 2.33. The predicted octanol–water partition coefficient (Wildman–Crippen LogP) is 3.42. The molecule has 0 aromatic heterocycles. The molecule has 0 aliphatic heterocycles. The van der Waals surface area contributed by atoms with Crippen molar-refractivity contribution in [3.63, 3.8) is 0 Å². The molecule has 0 bridgehead atoms. The van der Waals surface area contributed by atoms with Crippen LogP contribution in [0, 0.1) is 11.6 Å². The van der Waals surface area contributed by atoms with E-state index in [1.165, 1.54) is 6.07 Å². The highest BCUT2D eigenvalue weighted by molar-refractivity contribution is 5.94. The Morgan fingerprint density at radius 3 is 2.50 bits per heavy atom. The molecular weight excluding hydrogens is 286 g/mol. The van der Waals surface area contributed by atoms with E-state index < -0.39 is 17.7 Å². The summed E-state index contributed by atoms with van der Waals surface area (Å²) < 4.78 is 26.4. The molecule has 3 nitrogen and oxygen atoms in total. The first-order valence-corrected chi connectivity index (χ1v) is 6.97. The summed E-state index contributed by atoms with van der Waals surface area (Å²) in [6, 6.07) is 12.4. The van der Waals surface area contributed by atoms with E-state index in [0.717, 1.165) is 17.7 Å². The highest BCUT2D eigenvalue weighted by Gasteiger charge is 2.19. The maximum absolute atomic E-state index is 13.6. The minimum absolute atomic E-state index is 0.0219. The number of rotatable bonds is 5. The molecule has 1 amide bonds.